The smallest absolute Gasteiger partial charge is 0.249 e. The summed E-state index contributed by atoms with van der Waals surface area (Å²) in [4.78, 5) is 14.1. The van der Waals surface area contributed by atoms with Gasteiger partial charge in [0, 0.05) is 32.3 Å². The average molecular weight is 272 g/mol. The molecule has 0 spiro atoms. The molecule has 1 N–H and O–H groups in total. The molecule has 1 amide bonds. The Hall–Kier alpha value is -1.61. The second kappa shape index (κ2) is 6.23. The molecular weight excluding hydrogens is 248 g/mol. The van der Waals surface area contributed by atoms with Gasteiger partial charge in [0.05, 0.1) is 0 Å². The lowest BCUT2D eigenvalue weighted by atomic mass is 10.0. The molecule has 0 bridgehead atoms. The highest BCUT2D eigenvalue weighted by molar-refractivity contribution is 5.93. The van der Waals surface area contributed by atoms with E-state index in [0.29, 0.717) is 12.5 Å². The van der Waals surface area contributed by atoms with Crippen LogP contribution in [0.2, 0.25) is 0 Å². The lowest BCUT2D eigenvalue weighted by molar-refractivity contribution is -0.126. The third kappa shape index (κ3) is 3.28. The first-order valence-corrected chi connectivity index (χ1v) is 7.22. The number of carbonyl (C=O) groups is 1. The van der Waals surface area contributed by atoms with Gasteiger partial charge >= 0.3 is 0 Å². The van der Waals surface area contributed by atoms with Gasteiger partial charge in [0.25, 0.3) is 0 Å². The first-order valence-electron chi connectivity index (χ1n) is 7.22. The van der Waals surface area contributed by atoms with Gasteiger partial charge in [-0.05, 0) is 29.5 Å². The van der Waals surface area contributed by atoms with Crippen LogP contribution in [0.25, 0.3) is 0 Å². The predicted molar refractivity (Wildman–Crippen MR) is 82.6 cm³/mol. The first kappa shape index (κ1) is 14.8. The summed E-state index contributed by atoms with van der Waals surface area (Å²) in [6.07, 6.45) is 0. The summed E-state index contributed by atoms with van der Waals surface area (Å²) < 4.78 is 0. The SMILES string of the molecule is CC(C(=O)N(C)Cc1ccc(C(C)C)cc1)=C1CNC1. The van der Waals surface area contributed by atoms with Crippen LogP contribution in [0.3, 0.4) is 0 Å². The number of benzene rings is 1. The minimum absolute atomic E-state index is 0.134. The van der Waals surface area contributed by atoms with Gasteiger partial charge in [0.15, 0.2) is 0 Å². The molecule has 1 saturated heterocycles. The number of nitrogens with one attached hydrogen (secondary N) is 1. The lowest BCUT2D eigenvalue weighted by Crippen LogP contribution is -2.38. The fraction of sp³-hybridized carbons (Fsp3) is 0.471. The van der Waals surface area contributed by atoms with Crippen molar-refractivity contribution in [1.82, 2.24) is 10.2 Å². The molecule has 1 aromatic carbocycles. The van der Waals surface area contributed by atoms with Crippen molar-refractivity contribution in [1.29, 1.82) is 0 Å². The van der Waals surface area contributed by atoms with Crippen molar-refractivity contribution in [3.05, 3.63) is 46.5 Å². The highest BCUT2D eigenvalue weighted by Crippen LogP contribution is 2.17. The molecule has 1 aliphatic heterocycles. The van der Waals surface area contributed by atoms with Crippen molar-refractivity contribution in [2.45, 2.75) is 33.2 Å². The third-order valence-corrected chi connectivity index (χ3v) is 3.94. The second-order valence-electron chi connectivity index (χ2n) is 5.89. The lowest BCUT2D eigenvalue weighted by Gasteiger charge is -2.24. The normalized spacial score (nSPS) is 14.2. The molecule has 1 fully saturated rings. The van der Waals surface area contributed by atoms with E-state index in [2.05, 4.69) is 43.4 Å². The minimum atomic E-state index is 0.134. The van der Waals surface area contributed by atoms with Gasteiger partial charge in [0.2, 0.25) is 5.91 Å². The summed E-state index contributed by atoms with van der Waals surface area (Å²) in [5.74, 6) is 0.677. The fourth-order valence-electron chi connectivity index (χ4n) is 2.31. The van der Waals surface area contributed by atoms with E-state index in [1.165, 1.54) is 16.7 Å². The van der Waals surface area contributed by atoms with Gasteiger partial charge < -0.3 is 10.2 Å². The molecule has 20 heavy (non-hydrogen) atoms. The molecule has 0 aromatic heterocycles. The van der Waals surface area contributed by atoms with Crippen molar-refractivity contribution >= 4 is 5.91 Å². The zero-order valence-corrected chi connectivity index (χ0v) is 12.9. The Morgan fingerprint density at radius 3 is 2.30 bits per heavy atom. The standard InChI is InChI=1S/C17H24N2O/c1-12(2)15-7-5-14(6-8-15)11-19(4)17(20)13(3)16-9-18-10-16/h5-8,12,18H,9-11H2,1-4H3. The summed E-state index contributed by atoms with van der Waals surface area (Å²) in [6, 6.07) is 8.54. The van der Waals surface area contributed by atoms with Crippen molar-refractivity contribution in [3.8, 4) is 0 Å². The Labute approximate surface area is 121 Å². The Morgan fingerprint density at radius 2 is 1.85 bits per heavy atom. The number of carbonyl (C=O) groups excluding carboxylic acids is 1. The molecule has 0 radical (unpaired) electrons. The van der Waals surface area contributed by atoms with Crippen LogP contribution in [0.15, 0.2) is 35.4 Å². The summed E-state index contributed by atoms with van der Waals surface area (Å²) >= 11 is 0. The quantitative estimate of drug-likeness (QED) is 0.855. The topological polar surface area (TPSA) is 32.3 Å². The number of amides is 1. The van der Waals surface area contributed by atoms with Crippen LogP contribution in [-0.2, 0) is 11.3 Å². The zero-order chi connectivity index (χ0) is 14.7. The molecule has 0 aliphatic carbocycles. The Kier molecular flexibility index (Phi) is 4.61. The number of hydrogen-bond acceptors (Lipinski definition) is 2. The molecule has 1 heterocycles. The van der Waals surface area contributed by atoms with Gasteiger partial charge in [-0.3, -0.25) is 4.79 Å². The Bertz CT molecular complexity index is 508. The molecule has 0 saturated carbocycles. The van der Waals surface area contributed by atoms with E-state index in [-0.39, 0.29) is 5.91 Å². The first-order chi connectivity index (χ1) is 9.49. The number of hydrogen-bond donors (Lipinski definition) is 1. The molecular formula is C17H24N2O. The van der Waals surface area contributed by atoms with Crippen molar-refractivity contribution < 1.29 is 4.79 Å². The zero-order valence-electron chi connectivity index (χ0n) is 12.9. The molecule has 2 rings (SSSR count). The van der Waals surface area contributed by atoms with Crippen LogP contribution in [0.4, 0.5) is 0 Å². The van der Waals surface area contributed by atoms with E-state index < -0.39 is 0 Å². The monoisotopic (exact) mass is 272 g/mol. The van der Waals surface area contributed by atoms with Gasteiger partial charge in [0.1, 0.15) is 0 Å². The van der Waals surface area contributed by atoms with Gasteiger partial charge in [-0.25, -0.2) is 0 Å². The van der Waals surface area contributed by atoms with Crippen LogP contribution in [0.5, 0.6) is 0 Å². The van der Waals surface area contributed by atoms with Crippen LogP contribution >= 0.6 is 0 Å². The highest BCUT2D eigenvalue weighted by atomic mass is 16.2. The molecule has 3 nitrogen and oxygen atoms in total. The van der Waals surface area contributed by atoms with Crippen molar-refractivity contribution in [3.63, 3.8) is 0 Å². The molecule has 1 aliphatic rings. The minimum Gasteiger partial charge on any atom is -0.338 e. The van der Waals surface area contributed by atoms with Crippen molar-refractivity contribution in [2.75, 3.05) is 20.1 Å². The summed E-state index contributed by atoms with van der Waals surface area (Å²) in [7, 11) is 1.87. The van der Waals surface area contributed by atoms with E-state index in [1.54, 1.807) is 4.90 Å². The highest BCUT2D eigenvalue weighted by Gasteiger charge is 2.18. The summed E-state index contributed by atoms with van der Waals surface area (Å²) in [6.45, 7) is 8.68. The largest absolute Gasteiger partial charge is 0.338 e. The Morgan fingerprint density at radius 1 is 1.25 bits per heavy atom. The van der Waals surface area contributed by atoms with Gasteiger partial charge in [-0.15, -0.1) is 0 Å². The molecule has 108 valence electrons. The summed E-state index contributed by atoms with van der Waals surface area (Å²) in [5, 5.41) is 3.17. The summed E-state index contributed by atoms with van der Waals surface area (Å²) in [5.41, 5.74) is 4.64. The van der Waals surface area contributed by atoms with Gasteiger partial charge in [-0.1, -0.05) is 38.1 Å². The van der Waals surface area contributed by atoms with Crippen LogP contribution < -0.4 is 5.32 Å². The van der Waals surface area contributed by atoms with Crippen molar-refractivity contribution in [2.24, 2.45) is 0 Å². The van der Waals surface area contributed by atoms with E-state index in [4.69, 9.17) is 0 Å². The second-order valence-corrected chi connectivity index (χ2v) is 5.89. The molecule has 1 aromatic rings. The maximum absolute atomic E-state index is 12.3. The van der Waals surface area contributed by atoms with Crippen LogP contribution in [0.1, 0.15) is 37.8 Å². The van der Waals surface area contributed by atoms with E-state index in [0.717, 1.165) is 18.7 Å². The third-order valence-electron chi connectivity index (χ3n) is 3.94. The van der Waals surface area contributed by atoms with E-state index in [1.807, 2.05) is 14.0 Å². The maximum Gasteiger partial charge on any atom is 0.249 e. The molecule has 3 heteroatoms. The van der Waals surface area contributed by atoms with Gasteiger partial charge in [-0.2, -0.15) is 0 Å². The maximum atomic E-state index is 12.3. The number of rotatable bonds is 4. The number of likely N-dealkylation sites (N-methyl/N-ethyl adjacent to an activating group) is 1. The van der Waals surface area contributed by atoms with E-state index in [9.17, 15) is 4.79 Å². The fourth-order valence-corrected chi connectivity index (χ4v) is 2.31. The Balaban J connectivity index is 2.00. The van der Waals surface area contributed by atoms with Crippen LogP contribution in [-0.4, -0.2) is 30.9 Å². The molecule has 0 atom stereocenters. The average Bonchev–Trinajstić information content (AvgIpc) is 2.36. The number of nitrogens with zero attached hydrogens (tertiary/aromatic N) is 1. The predicted octanol–water partition coefficient (Wildman–Crippen LogP) is 2.69. The van der Waals surface area contributed by atoms with Crippen LogP contribution in [0, 0.1) is 0 Å². The van der Waals surface area contributed by atoms with E-state index >= 15 is 0 Å². The molecule has 0 unspecified atom stereocenters.